The quantitative estimate of drug-likeness (QED) is 0.700. The smallest absolute Gasteiger partial charge is 0.142 e. The number of pyridine rings is 1. The van der Waals surface area contributed by atoms with Crippen LogP contribution in [-0.4, -0.2) is 15.0 Å². The topological polar surface area (TPSA) is 64.7 Å². The van der Waals surface area contributed by atoms with Crippen LogP contribution in [0.3, 0.4) is 0 Å². The first kappa shape index (κ1) is 7.67. The van der Waals surface area contributed by atoms with Crippen molar-refractivity contribution >= 4 is 5.82 Å². The van der Waals surface area contributed by atoms with Gasteiger partial charge in [0.1, 0.15) is 5.82 Å². The third-order valence-corrected chi connectivity index (χ3v) is 1.61. The van der Waals surface area contributed by atoms with Crippen LogP contribution >= 0.6 is 0 Å². The minimum atomic E-state index is 0.418. The number of nitrogens with two attached hydrogens (primary N) is 1. The van der Waals surface area contributed by atoms with Crippen molar-refractivity contribution in [3.8, 4) is 11.3 Å². The fourth-order valence-electron chi connectivity index (χ4n) is 1.03. The molecule has 4 heteroatoms. The molecule has 0 fully saturated rings. The van der Waals surface area contributed by atoms with E-state index < -0.39 is 0 Å². The van der Waals surface area contributed by atoms with E-state index in [1.165, 1.54) is 6.20 Å². The minimum absolute atomic E-state index is 0.418. The molecule has 0 saturated heterocycles. The van der Waals surface area contributed by atoms with Crippen molar-refractivity contribution in [1.29, 1.82) is 0 Å². The summed E-state index contributed by atoms with van der Waals surface area (Å²) in [6.45, 7) is 0. The molecule has 2 aromatic rings. The highest BCUT2D eigenvalue weighted by atomic mass is 14.9. The number of hydrogen-bond acceptors (Lipinski definition) is 4. The fourth-order valence-corrected chi connectivity index (χ4v) is 1.03. The van der Waals surface area contributed by atoms with Gasteiger partial charge in [0.25, 0.3) is 0 Å². The van der Waals surface area contributed by atoms with Crippen LogP contribution in [0.4, 0.5) is 5.82 Å². The molecule has 0 aromatic carbocycles. The SMILES string of the molecule is Nc1cncc(-c2cccnc2)n1. The van der Waals surface area contributed by atoms with Gasteiger partial charge in [0.05, 0.1) is 18.1 Å². The summed E-state index contributed by atoms with van der Waals surface area (Å²) in [6.07, 6.45) is 6.61. The van der Waals surface area contributed by atoms with Gasteiger partial charge < -0.3 is 5.73 Å². The molecule has 0 unspecified atom stereocenters. The van der Waals surface area contributed by atoms with Crippen LogP contribution in [0.25, 0.3) is 11.3 Å². The number of hydrogen-bond donors (Lipinski definition) is 1. The maximum absolute atomic E-state index is 5.50. The molecule has 0 saturated carbocycles. The van der Waals surface area contributed by atoms with Crippen molar-refractivity contribution in [3.05, 3.63) is 36.9 Å². The van der Waals surface area contributed by atoms with E-state index in [9.17, 15) is 0 Å². The molecule has 0 aliphatic heterocycles. The Labute approximate surface area is 75.5 Å². The molecular weight excluding hydrogens is 164 g/mol. The van der Waals surface area contributed by atoms with E-state index in [1.807, 2.05) is 12.1 Å². The predicted molar refractivity (Wildman–Crippen MR) is 49.7 cm³/mol. The summed E-state index contributed by atoms with van der Waals surface area (Å²) in [6, 6.07) is 3.76. The summed E-state index contributed by atoms with van der Waals surface area (Å²) in [5, 5.41) is 0. The Morgan fingerprint density at radius 1 is 1.08 bits per heavy atom. The average Bonchev–Trinajstić information content (AvgIpc) is 2.19. The van der Waals surface area contributed by atoms with Gasteiger partial charge in [-0.2, -0.15) is 0 Å². The van der Waals surface area contributed by atoms with Crippen LogP contribution in [0.15, 0.2) is 36.9 Å². The van der Waals surface area contributed by atoms with Gasteiger partial charge in [-0.05, 0) is 12.1 Å². The maximum Gasteiger partial charge on any atom is 0.142 e. The van der Waals surface area contributed by atoms with Crippen LogP contribution < -0.4 is 5.73 Å². The van der Waals surface area contributed by atoms with Gasteiger partial charge in [-0.1, -0.05) is 0 Å². The van der Waals surface area contributed by atoms with Crippen LogP contribution in [0.5, 0.6) is 0 Å². The van der Waals surface area contributed by atoms with Crippen molar-refractivity contribution in [3.63, 3.8) is 0 Å². The Morgan fingerprint density at radius 3 is 2.69 bits per heavy atom. The molecule has 0 aliphatic carbocycles. The lowest BCUT2D eigenvalue weighted by atomic mass is 10.2. The summed E-state index contributed by atoms with van der Waals surface area (Å²) in [5.41, 5.74) is 7.16. The van der Waals surface area contributed by atoms with E-state index in [-0.39, 0.29) is 0 Å². The minimum Gasteiger partial charge on any atom is -0.382 e. The van der Waals surface area contributed by atoms with E-state index in [1.54, 1.807) is 18.6 Å². The Bertz CT molecular complexity index is 399. The van der Waals surface area contributed by atoms with E-state index in [0.29, 0.717) is 5.82 Å². The van der Waals surface area contributed by atoms with Crippen molar-refractivity contribution in [1.82, 2.24) is 15.0 Å². The molecule has 0 amide bonds. The largest absolute Gasteiger partial charge is 0.382 e. The standard InChI is InChI=1S/C9H8N4/c10-9-6-12-5-8(13-9)7-2-1-3-11-4-7/h1-6H,(H2,10,13). The zero-order valence-electron chi connectivity index (χ0n) is 6.88. The summed E-state index contributed by atoms with van der Waals surface area (Å²) in [5.74, 6) is 0.418. The van der Waals surface area contributed by atoms with Gasteiger partial charge in [-0.3, -0.25) is 9.97 Å². The fraction of sp³-hybridized carbons (Fsp3) is 0. The summed E-state index contributed by atoms with van der Waals surface area (Å²) < 4.78 is 0. The Kier molecular flexibility index (Phi) is 1.88. The van der Waals surface area contributed by atoms with E-state index in [2.05, 4.69) is 15.0 Å². The van der Waals surface area contributed by atoms with Crippen molar-refractivity contribution in [2.24, 2.45) is 0 Å². The molecule has 0 atom stereocenters. The molecule has 0 radical (unpaired) electrons. The number of nitrogen functional groups attached to an aromatic ring is 1. The van der Waals surface area contributed by atoms with Crippen molar-refractivity contribution in [2.45, 2.75) is 0 Å². The van der Waals surface area contributed by atoms with E-state index in [0.717, 1.165) is 11.3 Å². The number of anilines is 1. The second-order valence-electron chi connectivity index (χ2n) is 2.57. The van der Waals surface area contributed by atoms with Crippen LogP contribution in [0, 0.1) is 0 Å². The van der Waals surface area contributed by atoms with Gasteiger partial charge in [-0.25, -0.2) is 4.98 Å². The normalized spacial score (nSPS) is 9.85. The van der Waals surface area contributed by atoms with E-state index >= 15 is 0 Å². The van der Waals surface area contributed by atoms with Crippen LogP contribution in [0.1, 0.15) is 0 Å². The van der Waals surface area contributed by atoms with Crippen molar-refractivity contribution in [2.75, 3.05) is 5.73 Å². The molecular formula is C9H8N4. The molecule has 0 bridgehead atoms. The van der Waals surface area contributed by atoms with E-state index in [4.69, 9.17) is 5.73 Å². The maximum atomic E-state index is 5.50. The third-order valence-electron chi connectivity index (χ3n) is 1.61. The van der Waals surface area contributed by atoms with Gasteiger partial charge in [0.15, 0.2) is 0 Å². The first-order valence-electron chi connectivity index (χ1n) is 3.84. The van der Waals surface area contributed by atoms with Crippen molar-refractivity contribution < 1.29 is 0 Å². The average molecular weight is 172 g/mol. The Balaban J connectivity index is 2.48. The highest BCUT2D eigenvalue weighted by molar-refractivity contribution is 5.57. The lowest BCUT2D eigenvalue weighted by molar-refractivity contribution is 1.20. The highest BCUT2D eigenvalue weighted by Gasteiger charge is 1.98. The molecule has 0 aliphatic rings. The van der Waals surface area contributed by atoms with Crippen LogP contribution in [-0.2, 0) is 0 Å². The van der Waals surface area contributed by atoms with Gasteiger partial charge in [-0.15, -0.1) is 0 Å². The molecule has 2 aromatic heterocycles. The first-order valence-corrected chi connectivity index (χ1v) is 3.84. The highest BCUT2D eigenvalue weighted by Crippen LogP contribution is 2.14. The number of aromatic nitrogens is 3. The van der Waals surface area contributed by atoms with Crippen LogP contribution in [0.2, 0.25) is 0 Å². The summed E-state index contributed by atoms with van der Waals surface area (Å²) in [7, 11) is 0. The molecule has 0 spiro atoms. The van der Waals surface area contributed by atoms with Gasteiger partial charge in [0, 0.05) is 18.0 Å². The number of rotatable bonds is 1. The zero-order valence-corrected chi connectivity index (χ0v) is 6.88. The lowest BCUT2D eigenvalue weighted by Crippen LogP contribution is -1.93. The molecule has 2 N–H and O–H groups in total. The lowest BCUT2D eigenvalue weighted by Gasteiger charge is -1.98. The molecule has 13 heavy (non-hydrogen) atoms. The number of nitrogens with zero attached hydrogens (tertiary/aromatic N) is 3. The zero-order chi connectivity index (χ0) is 9.10. The summed E-state index contributed by atoms with van der Waals surface area (Å²) >= 11 is 0. The second-order valence-corrected chi connectivity index (χ2v) is 2.57. The van der Waals surface area contributed by atoms with Gasteiger partial charge >= 0.3 is 0 Å². The molecule has 4 nitrogen and oxygen atoms in total. The Morgan fingerprint density at radius 2 is 2.00 bits per heavy atom. The first-order chi connectivity index (χ1) is 6.36. The molecule has 64 valence electrons. The molecule has 2 heterocycles. The summed E-state index contributed by atoms with van der Waals surface area (Å²) in [4.78, 5) is 12.0. The Hall–Kier alpha value is -1.97. The second kappa shape index (κ2) is 3.18. The third kappa shape index (κ3) is 1.61. The molecule has 2 rings (SSSR count). The monoisotopic (exact) mass is 172 g/mol. The van der Waals surface area contributed by atoms with Gasteiger partial charge in [0.2, 0.25) is 0 Å². The predicted octanol–water partition coefficient (Wildman–Crippen LogP) is 1.12.